The topological polar surface area (TPSA) is 90.2 Å². The van der Waals surface area contributed by atoms with Crippen molar-refractivity contribution in [2.24, 2.45) is 5.10 Å². The van der Waals surface area contributed by atoms with Crippen LogP contribution in [-0.2, 0) is 9.59 Å². The van der Waals surface area contributed by atoms with Gasteiger partial charge in [0.2, 0.25) is 5.91 Å². The maximum atomic E-state index is 11.6. The summed E-state index contributed by atoms with van der Waals surface area (Å²) in [7, 11) is 0. The predicted octanol–water partition coefficient (Wildman–Crippen LogP) is -0.0372. The van der Waals surface area contributed by atoms with Crippen molar-refractivity contribution in [2.75, 3.05) is 0 Å². The predicted molar refractivity (Wildman–Crippen MR) is 54.8 cm³/mol. The Hall–Kier alpha value is -1.43. The quantitative estimate of drug-likeness (QED) is 0.691. The molecule has 0 radical (unpaired) electrons. The van der Waals surface area contributed by atoms with Crippen LogP contribution < -0.4 is 0 Å². The first kappa shape index (κ1) is 11.1. The number of carboxylic acids is 1. The minimum absolute atomic E-state index is 0.00120. The van der Waals surface area contributed by atoms with E-state index >= 15 is 0 Å². The fraction of sp³-hybridized carbons (Fsp3) is 0.700. The summed E-state index contributed by atoms with van der Waals surface area (Å²) >= 11 is 0. The molecule has 1 amide bonds. The van der Waals surface area contributed by atoms with E-state index in [1.165, 1.54) is 5.01 Å². The number of aliphatic carboxylic acids is 1. The summed E-state index contributed by atoms with van der Waals surface area (Å²) in [6.45, 7) is 0. The molecule has 16 heavy (non-hydrogen) atoms. The van der Waals surface area contributed by atoms with Gasteiger partial charge in [0.15, 0.2) is 0 Å². The van der Waals surface area contributed by atoms with Crippen LogP contribution in [0.3, 0.4) is 0 Å². The van der Waals surface area contributed by atoms with E-state index in [1.54, 1.807) is 0 Å². The third-order valence-electron chi connectivity index (χ3n) is 3.06. The Morgan fingerprint density at radius 1 is 1.38 bits per heavy atom. The average Bonchev–Trinajstić information content (AvgIpc) is 2.65. The van der Waals surface area contributed by atoms with Crippen LogP contribution in [0.4, 0.5) is 0 Å². The molecule has 1 saturated carbocycles. The molecule has 0 spiro atoms. The lowest BCUT2D eigenvalue weighted by Gasteiger charge is -2.29. The maximum Gasteiger partial charge on any atom is 0.352 e. The first-order valence-corrected chi connectivity index (χ1v) is 5.40. The van der Waals surface area contributed by atoms with Gasteiger partial charge in [0.05, 0.1) is 12.1 Å². The Labute approximate surface area is 92.5 Å². The molecule has 2 atom stereocenters. The zero-order valence-corrected chi connectivity index (χ0v) is 8.80. The van der Waals surface area contributed by atoms with Crippen molar-refractivity contribution in [1.82, 2.24) is 5.01 Å². The van der Waals surface area contributed by atoms with Gasteiger partial charge in [-0.05, 0) is 19.3 Å². The summed E-state index contributed by atoms with van der Waals surface area (Å²) in [6, 6.07) is -0.345. The van der Waals surface area contributed by atoms with Crippen LogP contribution in [-0.4, -0.2) is 45.0 Å². The molecule has 1 aliphatic heterocycles. The molecule has 2 N–H and O–H groups in total. The molecule has 0 aromatic heterocycles. The maximum absolute atomic E-state index is 11.6. The number of carboxylic acid groups (broad SMARTS) is 1. The van der Waals surface area contributed by atoms with Gasteiger partial charge in [-0.2, -0.15) is 5.10 Å². The van der Waals surface area contributed by atoms with Gasteiger partial charge in [-0.1, -0.05) is 0 Å². The van der Waals surface area contributed by atoms with Crippen LogP contribution >= 0.6 is 0 Å². The van der Waals surface area contributed by atoms with E-state index in [-0.39, 0.29) is 30.5 Å². The minimum Gasteiger partial charge on any atom is -0.477 e. The normalized spacial score (nSPS) is 30.4. The van der Waals surface area contributed by atoms with E-state index in [0.29, 0.717) is 12.8 Å². The molecular weight excluding hydrogens is 212 g/mol. The van der Waals surface area contributed by atoms with Crippen LogP contribution in [0, 0.1) is 0 Å². The smallest absolute Gasteiger partial charge is 0.352 e. The van der Waals surface area contributed by atoms with E-state index in [4.69, 9.17) is 5.11 Å². The minimum atomic E-state index is -1.09. The molecule has 2 unspecified atom stereocenters. The zero-order valence-electron chi connectivity index (χ0n) is 8.80. The molecule has 2 rings (SSSR count). The van der Waals surface area contributed by atoms with Gasteiger partial charge in [-0.3, -0.25) is 4.79 Å². The number of aliphatic hydroxyl groups is 1. The van der Waals surface area contributed by atoms with Crippen LogP contribution in [0.1, 0.15) is 32.1 Å². The van der Waals surface area contributed by atoms with Gasteiger partial charge < -0.3 is 10.2 Å². The van der Waals surface area contributed by atoms with Gasteiger partial charge >= 0.3 is 5.97 Å². The summed E-state index contributed by atoms with van der Waals surface area (Å²) < 4.78 is 0. The third-order valence-corrected chi connectivity index (χ3v) is 3.06. The number of nitrogens with zero attached hydrogens (tertiary/aromatic N) is 2. The summed E-state index contributed by atoms with van der Waals surface area (Å²) in [5.41, 5.74) is -0.00120. The van der Waals surface area contributed by atoms with E-state index in [0.717, 1.165) is 6.42 Å². The number of hydrogen-bond acceptors (Lipinski definition) is 4. The molecular formula is C10H14N2O4. The monoisotopic (exact) mass is 226 g/mol. The van der Waals surface area contributed by atoms with Crippen molar-refractivity contribution in [3.8, 4) is 0 Å². The van der Waals surface area contributed by atoms with E-state index < -0.39 is 12.1 Å². The fourth-order valence-corrected chi connectivity index (χ4v) is 2.19. The second kappa shape index (κ2) is 4.21. The summed E-state index contributed by atoms with van der Waals surface area (Å²) in [5.74, 6) is -1.29. The number of rotatable bonds is 2. The number of carbonyl (C=O) groups is 2. The number of aliphatic hydroxyl groups excluding tert-OH is 1. The average molecular weight is 226 g/mol. The lowest BCUT2D eigenvalue weighted by molar-refractivity contribution is -0.136. The second-order valence-electron chi connectivity index (χ2n) is 4.16. The van der Waals surface area contributed by atoms with Gasteiger partial charge in [-0.25, -0.2) is 9.80 Å². The highest BCUT2D eigenvalue weighted by Crippen LogP contribution is 2.26. The number of carbonyl (C=O) groups excluding carboxylic acids is 1. The van der Waals surface area contributed by atoms with E-state index in [1.807, 2.05) is 0 Å². The van der Waals surface area contributed by atoms with Gasteiger partial charge in [-0.15, -0.1) is 0 Å². The lowest BCUT2D eigenvalue weighted by Crippen LogP contribution is -2.44. The number of hydrazone groups is 1. The molecule has 1 aliphatic carbocycles. The second-order valence-corrected chi connectivity index (χ2v) is 4.16. The number of hydrogen-bond donors (Lipinski definition) is 2. The van der Waals surface area contributed by atoms with Crippen molar-refractivity contribution >= 4 is 17.6 Å². The third kappa shape index (κ3) is 1.92. The number of amides is 1. The first-order chi connectivity index (χ1) is 7.59. The van der Waals surface area contributed by atoms with Crippen molar-refractivity contribution < 1.29 is 19.8 Å². The Kier molecular flexibility index (Phi) is 2.91. The highest BCUT2D eigenvalue weighted by atomic mass is 16.4. The van der Waals surface area contributed by atoms with Crippen LogP contribution in [0.2, 0.25) is 0 Å². The molecule has 6 nitrogen and oxygen atoms in total. The molecule has 6 heteroatoms. The van der Waals surface area contributed by atoms with Crippen LogP contribution in [0.15, 0.2) is 5.10 Å². The molecule has 88 valence electrons. The Balaban J connectivity index is 2.20. The Morgan fingerprint density at radius 2 is 2.12 bits per heavy atom. The summed E-state index contributed by atoms with van der Waals surface area (Å²) in [4.78, 5) is 22.4. The Bertz CT molecular complexity index is 353. The van der Waals surface area contributed by atoms with Gasteiger partial charge in [0.1, 0.15) is 5.71 Å². The molecule has 0 saturated heterocycles. The largest absolute Gasteiger partial charge is 0.477 e. The molecule has 0 bridgehead atoms. The van der Waals surface area contributed by atoms with E-state index in [2.05, 4.69) is 5.10 Å². The van der Waals surface area contributed by atoms with Crippen LogP contribution in [0.5, 0.6) is 0 Å². The van der Waals surface area contributed by atoms with Crippen molar-refractivity contribution in [1.29, 1.82) is 0 Å². The molecule has 2 aliphatic rings. The molecule has 0 aromatic rings. The van der Waals surface area contributed by atoms with Crippen molar-refractivity contribution in [3.63, 3.8) is 0 Å². The van der Waals surface area contributed by atoms with Crippen molar-refractivity contribution in [2.45, 2.75) is 44.2 Å². The van der Waals surface area contributed by atoms with Gasteiger partial charge in [0, 0.05) is 12.8 Å². The SMILES string of the molecule is O=C(O)C1=NN(C2CCCC2O)C(=O)CC1. The zero-order chi connectivity index (χ0) is 11.7. The summed E-state index contributed by atoms with van der Waals surface area (Å²) in [5, 5.41) is 23.5. The van der Waals surface area contributed by atoms with Crippen LogP contribution in [0.25, 0.3) is 0 Å². The van der Waals surface area contributed by atoms with E-state index in [9.17, 15) is 14.7 Å². The molecule has 1 fully saturated rings. The Morgan fingerprint density at radius 3 is 2.69 bits per heavy atom. The van der Waals surface area contributed by atoms with Crippen molar-refractivity contribution in [3.05, 3.63) is 0 Å². The molecule has 0 aromatic carbocycles. The standard InChI is InChI=1S/C10H14N2O4/c13-8-3-1-2-7(8)12-9(14)5-4-6(11-12)10(15)16/h7-8,13H,1-5H2,(H,15,16). The fourth-order valence-electron chi connectivity index (χ4n) is 2.19. The lowest BCUT2D eigenvalue weighted by atomic mass is 10.1. The highest BCUT2D eigenvalue weighted by Gasteiger charge is 2.36. The first-order valence-electron chi connectivity index (χ1n) is 5.40. The molecule has 1 heterocycles. The summed E-state index contributed by atoms with van der Waals surface area (Å²) in [6.07, 6.45) is 1.92. The van der Waals surface area contributed by atoms with Gasteiger partial charge in [0.25, 0.3) is 0 Å². The highest BCUT2D eigenvalue weighted by molar-refractivity contribution is 6.36.